The zero-order valence-electron chi connectivity index (χ0n) is 11.5. The normalized spacial score (nSPS) is 10.5. The van der Waals surface area contributed by atoms with Crippen LogP contribution in [0.2, 0.25) is 0 Å². The lowest BCUT2D eigenvalue weighted by molar-refractivity contribution is 0.0593. The number of carbonyl (C=O) groups is 1. The summed E-state index contributed by atoms with van der Waals surface area (Å²) in [7, 11) is 3.19. The molecule has 2 rings (SSSR count). The van der Waals surface area contributed by atoms with Crippen molar-refractivity contribution in [3.8, 4) is 11.4 Å². The molecule has 0 aliphatic rings. The summed E-state index contributed by atoms with van der Waals surface area (Å²) in [4.78, 5) is 20.1. The van der Waals surface area contributed by atoms with E-state index in [4.69, 9.17) is 4.74 Å². The summed E-state index contributed by atoms with van der Waals surface area (Å²) in [6.45, 7) is 3.80. The molecule has 0 bridgehead atoms. The van der Waals surface area contributed by atoms with Crippen LogP contribution in [0.15, 0.2) is 12.3 Å². The lowest BCUT2D eigenvalue weighted by Gasteiger charge is -2.07. The van der Waals surface area contributed by atoms with Crippen molar-refractivity contribution in [2.75, 3.05) is 7.11 Å². The van der Waals surface area contributed by atoms with E-state index in [1.807, 2.05) is 13.2 Å². The number of aromatic nitrogens is 4. The number of hydrogen-bond donors (Lipinski definition) is 0. The molecule has 0 unspecified atom stereocenters. The average Bonchev–Trinajstić information content (AvgIpc) is 2.78. The molecule has 100 valence electrons. The summed E-state index contributed by atoms with van der Waals surface area (Å²) in [6.07, 6.45) is 2.66. The monoisotopic (exact) mass is 260 g/mol. The van der Waals surface area contributed by atoms with Gasteiger partial charge in [-0.15, -0.1) is 0 Å². The standard InChI is InChI=1S/C13H16N4O2/c1-5-9-7-14-17(3)12(9)10-6-11(13(18)19-4)16-8(2)15-10/h6-7H,5H2,1-4H3. The van der Waals surface area contributed by atoms with E-state index < -0.39 is 5.97 Å². The zero-order chi connectivity index (χ0) is 14.0. The van der Waals surface area contributed by atoms with E-state index in [1.165, 1.54) is 7.11 Å². The Bertz CT molecular complexity index is 619. The molecule has 0 amide bonds. The largest absolute Gasteiger partial charge is 0.464 e. The first-order chi connectivity index (χ1) is 9.06. The number of hydrogen-bond acceptors (Lipinski definition) is 5. The minimum absolute atomic E-state index is 0.258. The fourth-order valence-electron chi connectivity index (χ4n) is 1.97. The minimum atomic E-state index is -0.466. The van der Waals surface area contributed by atoms with Crippen molar-refractivity contribution in [3.05, 3.63) is 29.3 Å². The van der Waals surface area contributed by atoms with E-state index in [0.29, 0.717) is 11.5 Å². The van der Waals surface area contributed by atoms with Crippen molar-refractivity contribution in [1.29, 1.82) is 0 Å². The summed E-state index contributed by atoms with van der Waals surface area (Å²) in [5.41, 5.74) is 2.92. The molecule has 2 aromatic heterocycles. The number of esters is 1. The van der Waals surface area contributed by atoms with Gasteiger partial charge in [-0.05, 0) is 25.0 Å². The number of aryl methyl sites for hydroxylation is 3. The van der Waals surface area contributed by atoms with Gasteiger partial charge in [-0.25, -0.2) is 14.8 Å². The first-order valence-corrected chi connectivity index (χ1v) is 6.02. The Hall–Kier alpha value is -2.24. The third-order valence-electron chi connectivity index (χ3n) is 2.87. The fraction of sp³-hybridized carbons (Fsp3) is 0.385. The first kappa shape index (κ1) is 13.2. The van der Waals surface area contributed by atoms with Gasteiger partial charge in [0.2, 0.25) is 0 Å². The van der Waals surface area contributed by atoms with Crippen molar-refractivity contribution < 1.29 is 9.53 Å². The molecule has 0 aromatic carbocycles. The number of methoxy groups -OCH3 is 1. The van der Waals surface area contributed by atoms with E-state index in [9.17, 15) is 4.79 Å². The molecule has 6 heteroatoms. The smallest absolute Gasteiger partial charge is 0.356 e. The van der Waals surface area contributed by atoms with Gasteiger partial charge >= 0.3 is 5.97 Å². The molecule has 0 radical (unpaired) electrons. The third-order valence-corrected chi connectivity index (χ3v) is 2.87. The minimum Gasteiger partial charge on any atom is -0.464 e. The molecule has 2 aromatic rings. The van der Waals surface area contributed by atoms with Gasteiger partial charge in [0.05, 0.1) is 24.7 Å². The second-order valence-electron chi connectivity index (χ2n) is 4.17. The highest BCUT2D eigenvalue weighted by Crippen LogP contribution is 2.22. The highest BCUT2D eigenvalue weighted by atomic mass is 16.5. The van der Waals surface area contributed by atoms with Crippen molar-refractivity contribution in [2.45, 2.75) is 20.3 Å². The van der Waals surface area contributed by atoms with Crippen molar-refractivity contribution >= 4 is 5.97 Å². The zero-order valence-corrected chi connectivity index (χ0v) is 11.5. The van der Waals surface area contributed by atoms with E-state index in [2.05, 4.69) is 22.0 Å². The molecule has 2 heterocycles. The summed E-state index contributed by atoms with van der Waals surface area (Å²) in [6, 6.07) is 1.63. The molecular formula is C13H16N4O2. The molecule has 0 aliphatic heterocycles. The Morgan fingerprint density at radius 3 is 2.79 bits per heavy atom. The molecule has 0 N–H and O–H groups in total. The van der Waals surface area contributed by atoms with Gasteiger partial charge in [0.25, 0.3) is 0 Å². The molecule has 6 nitrogen and oxygen atoms in total. The highest BCUT2D eigenvalue weighted by molar-refractivity contribution is 5.88. The van der Waals surface area contributed by atoms with Crippen LogP contribution in [0.4, 0.5) is 0 Å². The third kappa shape index (κ3) is 2.47. The van der Waals surface area contributed by atoms with E-state index in [1.54, 1.807) is 17.7 Å². The van der Waals surface area contributed by atoms with Crippen LogP contribution < -0.4 is 0 Å². The van der Waals surface area contributed by atoms with Crippen LogP contribution in [0.5, 0.6) is 0 Å². The topological polar surface area (TPSA) is 69.9 Å². The van der Waals surface area contributed by atoms with Gasteiger partial charge in [0.15, 0.2) is 5.69 Å². The molecule has 0 aliphatic carbocycles. The van der Waals surface area contributed by atoms with Gasteiger partial charge < -0.3 is 4.74 Å². The molecule has 0 spiro atoms. The van der Waals surface area contributed by atoms with E-state index in [-0.39, 0.29) is 5.69 Å². The quantitative estimate of drug-likeness (QED) is 0.783. The number of nitrogens with zero attached hydrogens (tertiary/aromatic N) is 4. The summed E-state index contributed by atoms with van der Waals surface area (Å²) in [5, 5.41) is 4.23. The molecule has 0 atom stereocenters. The van der Waals surface area contributed by atoms with Crippen LogP contribution in [-0.4, -0.2) is 32.8 Å². The predicted molar refractivity (Wildman–Crippen MR) is 69.7 cm³/mol. The maximum atomic E-state index is 11.6. The second kappa shape index (κ2) is 5.17. The van der Waals surface area contributed by atoms with Gasteiger partial charge in [0, 0.05) is 7.05 Å². The van der Waals surface area contributed by atoms with Crippen LogP contribution in [0.1, 0.15) is 28.8 Å². The second-order valence-corrected chi connectivity index (χ2v) is 4.17. The summed E-state index contributed by atoms with van der Waals surface area (Å²) < 4.78 is 6.45. The van der Waals surface area contributed by atoms with Crippen molar-refractivity contribution in [1.82, 2.24) is 19.7 Å². The molecule has 19 heavy (non-hydrogen) atoms. The van der Waals surface area contributed by atoms with Gasteiger partial charge in [-0.1, -0.05) is 6.92 Å². The number of rotatable bonds is 3. The highest BCUT2D eigenvalue weighted by Gasteiger charge is 2.16. The van der Waals surface area contributed by atoms with Gasteiger partial charge in [0.1, 0.15) is 5.82 Å². The Labute approximate surface area is 111 Å². The lowest BCUT2D eigenvalue weighted by Crippen LogP contribution is -2.08. The Kier molecular flexibility index (Phi) is 3.59. The van der Waals surface area contributed by atoms with Crippen LogP contribution in [0.25, 0.3) is 11.4 Å². The molecule has 0 fully saturated rings. The van der Waals surface area contributed by atoms with Crippen LogP contribution in [0.3, 0.4) is 0 Å². The van der Waals surface area contributed by atoms with Crippen molar-refractivity contribution in [2.24, 2.45) is 7.05 Å². The SMILES string of the molecule is CCc1cnn(C)c1-c1cc(C(=O)OC)nc(C)n1. The van der Waals surface area contributed by atoms with Gasteiger partial charge in [-0.2, -0.15) is 5.10 Å². The first-order valence-electron chi connectivity index (χ1n) is 6.02. The molecular weight excluding hydrogens is 244 g/mol. The lowest BCUT2D eigenvalue weighted by atomic mass is 10.1. The van der Waals surface area contributed by atoms with E-state index >= 15 is 0 Å². The Morgan fingerprint density at radius 1 is 1.42 bits per heavy atom. The Morgan fingerprint density at radius 2 is 2.16 bits per heavy atom. The van der Waals surface area contributed by atoms with Crippen LogP contribution >= 0.6 is 0 Å². The summed E-state index contributed by atoms with van der Waals surface area (Å²) >= 11 is 0. The maximum absolute atomic E-state index is 11.6. The molecule has 0 saturated heterocycles. The fourth-order valence-corrected chi connectivity index (χ4v) is 1.97. The predicted octanol–water partition coefficient (Wildman–Crippen LogP) is 1.53. The van der Waals surface area contributed by atoms with Crippen LogP contribution in [-0.2, 0) is 18.2 Å². The maximum Gasteiger partial charge on any atom is 0.356 e. The van der Waals surface area contributed by atoms with E-state index in [0.717, 1.165) is 17.7 Å². The van der Waals surface area contributed by atoms with Crippen LogP contribution in [0, 0.1) is 6.92 Å². The number of carbonyl (C=O) groups excluding carboxylic acids is 1. The Balaban J connectivity index is 2.59. The summed E-state index contributed by atoms with van der Waals surface area (Å²) in [5.74, 6) is 0.0631. The average molecular weight is 260 g/mol. The van der Waals surface area contributed by atoms with Gasteiger partial charge in [-0.3, -0.25) is 4.68 Å². The van der Waals surface area contributed by atoms with Crippen molar-refractivity contribution in [3.63, 3.8) is 0 Å². The number of ether oxygens (including phenoxy) is 1. The molecule has 0 saturated carbocycles.